The summed E-state index contributed by atoms with van der Waals surface area (Å²) in [5, 5.41) is 3.20. The molecule has 0 bridgehead atoms. The monoisotopic (exact) mass is 320 g/mol. The van der Waals surface area contributed by atoms with E-state index in [1.165, 1.54) is 6.07 Å². The molecule has 0 aliphatic carbocycles. The van der Waals surface area contributed by atoms with E-state index in [9.17, 15) is 17.2 Å². The van der Waals surface area contributed by atoms with Crippen LogP contribution in [0.4, 0.5) is 8.78 Å². The zero-order valence-electron chi connectivity index (χ0n) is 12.3. The summed E-state index contributed by atoms with van der Waals surface area (Å²) in [7, 11) is -3.45. The second kappa shape index (κ2) is 8.41. The van der Waals surface area contributed by atoms with Crippen LogP contribution in [0.3, 0.4) is 0 Å². The molecule has 0 heterocycles. The molecule has 0 atom stereocenters. The zero-order valence-corrected chi connectivity index (χ0v) is 13.1. The summed E-state index contributed by atoms with van der Waals surface area (Å²) in [5.41, 5.74) is 0.126. The fraction of sp³-hybridized carbons (Fsp3) is 0.571. The summed E-state index contributed by atoms with van der Waals surface area (Å²) in [6, 6.07) is 3.45. The minimum absolute atomic E-state index is 0.00438. The molecule has 0 spiro atoms. The predicted octanol–water partition coefficient (Wildman–Crippen LogP) is 2.16. The van der Waals surface area contributed by atoms with E-state index in [-0.39, 0.29) is 17.9 Å². The second-order valence-electron chi connectivity index (χ2n) is 5.19. The number of benzene rings is 1. The van der Waals surface area contributed by atoms with Crippen LogP contribution >= 0.6 is 0 Å². The van der Waals surface area contributed by atoms with Crippen LogP contribution in [0.5, 0.6) is 0 Å². The lowest BCUT2D eigenvalue weighted by atomic mass is 10.2. The minimum Gasteiger partial charge on any atom is -0.315 e. The summed E-state index contributed by atoms with van der Waals surface area (Å²) in [6.07, 6.45) is 1.28. The molecule has 1 aromatic rings. The van der Waals surface area contributed by atoms with E-state index in [1.54, 1.807) is 0 Å². The van der Waals surface area contributed by atoms with Gasteiger partial charge in [-0.1, -0.05) is 19.9 Å². The number of unbranched alkanes of at least 4 members (excludes halogenated alkanes) is 1. The Bertz CT molecular complexity index is 548. The molecule has 0 amide bonds. The van der Waals surface area contributed by atoms with Gasteiger partial charge in [0, 0.05) is 24.2 Å². The summed E-state index contributed by atoms with van der Waals surface area (Å²) in [6.45, 7) is 4.64. The third-order valence-corrected chi connectivity index (χ3v) is 4.30. The first-order chi connectivity index (χ1) is 9.80. The molecule has 1 aromatic carbocycles. The largest absolute Gasteiger partial charge is 0.315 e. The van der Waals surface area contributed by atoms with Crippen LogP contribution in [0.1, 0.15) is 32.3 Å². The van der Waals surface area contributed by atoms with Crippen molar-refractivity contribution in [3.8, 4) is 0 Å². The Balaban J connectivity index is 2.35. The Morgan fingerprint density at radius 2 is 1.90 bits per heavy atom. The van der Waals surface area contributed by atoms with Crippen molar-refractivity contribution < 1.29 is 17.2 Å². The number of halogens is 2. The van der Waals surface area contributed by atoms with Gasteiger partial charge >= 0.3 is 0 Å². The van der Waals surface area contributed by atoms with Crippen LogP contribution in [0.25, 0.3) is 0 Å². The number of sulfonamides is 1. The highest BCUT2D eigenvalue weighted by Gasteiger charge is 2.11. The number of rotatable bonds is 9. The van der Waals surface area contributed by atoms with Gasteiger partial charge in [0.1, 0.15) is 11.6 Å². The smallest absolute Gasteiger partial charge is 0.211 e. The van der Waals surface area contributed by atoms with E-state index in [0.717, 1.165) is 25.1 Å². The second-order valence-corrected chi connectivity index (χ2v) is 7.12. The minimum atomic E-state index is -3.45. The van der Waals surface area contributed by atoms with Gasteiger partial charge in [0.2, 0.25) is 10.0 Å². The highest BCUT2D eigenvalue weighted by atomic mass is 32.2. The first-order valence-corrected chi connectivity index (χ1v) is 8.60. The topological polar surface area (TPSA) is 58.2 Å². The first-order valence-electron chi connectivity index (χ1n) is 6.95. The van der Waals surface area contributed by atoms with Crippen molar-refractivity contribution in [2.45, 2.75) is 39.3 Å². The maximum absolute atomic E-state index is 13.4. The summed E-state index contributed by atoms with van der Waals surface area (Å²) >= 11 is 0. The quantitative estimate of drug-likeness (QED) is 0.686. The molecule has 0 aromatic heterocycles. The molecule has 0 saturated heterocycles. The lowest BCUT2D eigenvalue weighted by Crippen LogP contribution is -2.28. The van der Waals surface area contributed by atoms with Gasteiger partial charge in [-0.05, 0) is 25.5 Å². The third kappa shape index (κ3) is 7.50. The van der Waals surface area contributed by atoms with Crippen LogP contribution in [0.15, 0.2) is 18.2 Å². The molecule has 7 heteroatoms. The highest BCUT2D eigenvalue weighted by molar-refractivity contribution is 7.89. The van der Waals surface area contributed by atoms with Crippen LogP contribution < -0.4 is 10.0 Å². The van der Waals surface area contributed by atoms with Gasteiger partial charge in [0.25, 0.3) is 0 Å². The molecule has 1 rings (SSSR count). The first kappa shape index (κ1) is 18.0. The Labute approximate surface area is 125 Å². The summed E-state index contributed by atoms with van der Waals surface area (Å²) in [4.78, 5) is 0. The van der Waals surface area contributed by atoms with E-state index in [4.69, 9.17) is 0 Å². The highest BCUT2D eigenvalue weighted by Crippen LogP contribution is 2.09. The Kier molecular flexibility index (Phi) is 7.21. The van der Waals surface area contributed by atoms with Crippen LogP contribution in [-0.2, 0) is 16.6 Å². The van der Waals surface area contributed by atoms with Gasteiger partial charge in [-0.3, -0.25) is 0 Å². The molecule has 0 radical (unpaired) electrons. The third-order valence-electron chi connectivity index (χ3n) is 2.89. The van der Waals surface area contributed by atoms with Crippen molar-refractivity contribution in [1.29, 1.82) is 0 Å². The maximum Gasteiger partial charge on any atom is 0.211 e. The van der Waals surface area contributed by atoms with Gasteiger partial charge in [0.05, 0.1) is 5.75 Å². The van der Waals surface area contributed by atoms with Crippen molar-refractivity contribution in [3.63, 3.8) is 0 Å². The average Bonchev–Trinajstić information content (AvgIpc) is 2.36. The van der Waals surface area contributed by atoms with E-state index in [0.29, 0.717) is 12.5 Å². The van der Waals surface area contributed by atoms with E-state index in [2.05, 4.69) is 10.0 Å². The van der Waals surface area contributed by atoms with Crippen molar-refractivity contribution >= 4 is 10.0 Å². The SMILES string of the molecule is CC(C)NCCCCS(=O)(=O)NCc1ccc(F)cc1F. The fourth-order valence-electron chi connectivity index (χ4n) is 1.73. The maximum atomic E-state index is 13.4. The van der Waals surface area contributed by atoms with Gasteiger partial charge in [-0.25, -0.2) is 21.9 Å². The van der Waals surface area contributed by atoms with Crippen molar-refractivity contribution in [2.24, 2.45) is 0 Å². The summed E-state index contributed by atoms with van der Waals surface area (Å²) in [5.74, 6) is -1.44. The zero-order chi connectivity index (χ0) is 15.9. The van der Waals surface area contributed by atoms with Crippen LogP contribution in [0, 0.1) is 11.6 Å². The predicted molar refractivity (Wildman–Crippen MR) is 79.4 cm³/mol. The Morgan fingerprint density at radius 1 is 1.19 bits per heavy atom. The van der Waals surface area contributed by atoms with Crippen molar-refractivity contribution in [1.82, 2.24) is 10.0 Å². The van der Waals surface area contributed by atoms with Gasteiger partial charge in [-0.2, -0.15) is 0 Å². The molecular formula is C14H22F2N2O2S. The lowest BCUT2D eigenvalue weighted by Gasteiger charge is -2.09. The van der Waals surface area contributed by atoms with Gasteiger partial charge in [0.15, 0.2) is 0 Å². The lowest BCUT2D eigenvalue weighted by molar-refractivity contribution is 0.551. The fourth-order valence-corrected chi connectivity index (χ4v) is 2.84. The molecule has 0 saturated carbocycles. The number of hydrogen-bond donors (Lipinski definition) is 2. The molecule has 0 unspecified atom stereocenters. The van der Waals surface area contributed by atoms with E-state index < -0.39 is 21.7 Å². The molecule has 4 nitrogen and oxygen atoms in total. The molecule has 0 aliphatic rings. The standard InChI is InChI=1S/C14H22F2N2O2S/c1-11(2)17-7-3-4-8-21(19,20)18-10-12-5-6-13(15)9-14(12)16/h5-6,9,11,17-18H,3-4,7-8,10H2,1-2H3. The van der Waals surface area contributed by atoms with E-state index >= 15 is 0 Å². The van der Waals surface area contributed by atoms with Crippen LogP contribution in [-0.4, -0.2) is 26.8 Å². The summed E-state index contributed by atoms with van der Waals surface area (Å²) < 4.78 is 51.9. The van der Waals surface area contributed by atoms with Crippen molar-refractivity contribution in [3.05, 3.63) is 35.4 Å². The number of hydrogen-bond acceptors (Lipinski definition) is 3. The molecule has 0 aliphatic heterocycles. The van der Waals surface area contributed by atoms with Gasteiger partial charge in [-0.15, -0.1) is 0 Å². The molecule has 2 N–H and O–H groups in total. The van der Waals surface area contributed by atoms with Crippen molar-refractivity contribution in [2.75, 3.05) is 12.3 Å². The molecule has 21 heavy (non-hydrogen) atoms. The van der Waals surface area contributed by atoms with Crippen LogP contribution in [0.2, 0.25) is 0 Å². The van der Waals surface area contributed by atoms with E-state index in [1.807, 2.05) is 13.8 Å². The Morgan fingerprint density at radius 3 is 2.52 bits per heavy atom. The molecule has 120 valence electrons. The Hall–Kier alpha value is -1.05. The molecular weight excluding hydrogens is 298 g/mol. The van der Waals surface area contributed by atoms with Gasteiger partial charge < -0.3 is 5.32 Å². The normalized spacial score (nSPS) is 12.0. The average molecular weight is 320 g/mol. The number of nitrogens with one attached hydrogen (secondary N) is 2. The molecule has 0 fully saturated rings.